The Morgan fingerprint density at radius 1 is 0.882 bits per heavy atom. The van der Waals surface area contributed by atoms with Crippen LogP contribution in [0, 0.1) is 0 Å². The lowest BCUT2D eigenvalue weighted by atomic mass is 10.0. The van der Waals surface area contributed by atoms with E-state index in [2.05, 4.69) is 18.7 Å². The highest BCUT2D eigenvalue weighted by molar-refractivity contribution is 6.30. The van der Waals surface area contributed by atoms with Gasteiger partial charge in [0, 0.05) is 42.3 Å². The highest BCUT2D eigenvalue weighted by Gasteiger charge is 2.33. The van der Waals surface area contributed by atoms with Gasteiger partial charge in [0.05, 0.1) is 12.7 Å². The molecular weight excluding hydrogens is 448 g/mol. The fourth-order valence-electron chi connectivity index (χ4n) is 4.71. The Morgan fingerprint density at radius 3 is 2.15 bits per heavy atom. The first kappa shape index (κ1) is 24.0. The van der Waals surface area contributed by atoms with Gasteiger partial charge in [-0.2, -0.15) is 0 Å². The number of rotatable bonds is 5. The van der Waals surface area contributed by atoms with Gasteiger partial charge in [0.15, 0.2) is 0 Å². The van der Waals surface area contributed by atoms with Crippen LogP contribution in [0.3, 0.4) is 0 Å². The van der Waals surface area contributed by atoms with Gasteiger partial charge in [-0.1, -0.05) is 48.0 Å². The van der Waals surface area contributed by atoms with Crippen molar-refractivity contribution in [2.75, 3.05) is 20.2 Å². The van der Waals surface area contributed by atoms with E-state index >= 15 is 0 Å². The number of piperazine rings is 1. The molecule has 1 heterocycles. The van der Waals surface area contributed by atoms with Crippen LogP contribution in [0.25, 0.3) is 11.1 Å². The topological polar surface area (TPSA) is 49.9 Å². The lowest BCUT2D eigenvalue weighted by Gasteiger charge is -2.44. The van der Waals surface area contributed by atoms with Crippen LogP contribution in [0.1, 0.15) is 40.1 Å². The van der Waals surface area contributed by atoms with Gasteiger partial charge in [0.25, 0.3) is 5.91 Å². The fourth-order valence-corrected chi connectivity index (χ4v) is 4.83. The molecule has 1 amide bonds. The SMILES string of the molecule is COC(=O)c1ccc(CN2C[C@@H](C)N(C(=O)c3cccc(-c4ccc(Cl)cc4)c3)[C@@H](C)C2)cc1. The third-order valence-electron chi connectivity index (χ3n) is 6.30. The van der Waals surface area contributed by atoms with Gasteiger partial charge in [0.1, 0.15) is 0 Å². The van der Waals surface area contributed by atoms with Crippen LogP contribution in [0.15, 0.2) is 72.8 Å². The van der Waals surface area contributed by atoms with Crippen LogP contribution >= 0.6 is 11.6 Å². The highest BCUT2D eigenvalue weighted by Crippen LogP contribution is 2.25. The lowest BCUT2D eigenvalue weighted by Crippen LogP contribution is -2.58. The van der Waals surface area contributed by atoms with E-state index in [1.807, 2.05) is 65.6 Å². The molecule has 0 saturated carbocycles. The lowest BCUT2D eigenvalue weighted by molar-refractivity contribution is 0.0268. The van der Waals surface area contributed by atoms with E-state index in [-0.39, 0.29) is 24.0 Å². The first-order valence-electron chi connectivity index (χ1n) is 11.4. The average Bonchev–Trinajstić information content (AvgIpc) is 2.84. The number of benzene rings is 3. The molecule has 5 nitrogen and oxygen atoms in total. The zero-order valence-corrected chi connectivity index (χ0v) is 20.5. The van der Waals surface area contributed by atoms with Crippen molar-refractivity contribution in [3.63, 3.8) is 0 Å². The maximum absolute atomic E-state index is 13.5. The number of halogens is 1. The average molecular weight is 477 g/mol. The number of ether oxygens (including phenoxy) is 1. The maximum atomic E-state index is 13.5. The van der Waals surface area contributed by atoms with Gasteiger partial charge in [-0.25, -0.2) is 4.79 Å². The standard InChI is InChI=1S/C28H29ClN2O3/c1-19-16-30(18-21-7-9-23(10-8-21)28(33)34-3)17-20(2)31(19)27(32)25-6-4-5-24(15-25)22-11-13-26(29)14-12-22/h4-15,19-20H,16-18H2,1-3H3/t19-,20+. The summed E-state index contributed by atoms with van der Waals surface area (Å²) in [6.45, 7) is 6.54. The molecule has 0 aromatic heterocycles. The molecule has 3 aromatic carbocycles. The molecule has 176 valence electrons. The number of methoxy groups -OCH3 is 1. The molecule has 0 aliphatic carbocycles. The van der Waals surface area contributed by atoms with Gasteiger partial charge in [-0.3, -0.25) is 9.69 Å². The van der Waals surface area contributed by atoms with E-state index in [0.717, 1.165) is 36.3 Å². The predicted molar refractivity (Wildman–Crippen MR) is 135 cm³/mol. The normalized spacial score (nSPS) is 18.5. The Hall–Kier alpha value is -3.15. The summed E-state index contributed by atoms with van der Waals surface area (Å²) >= 11 is 6.02. The van der Waals surface area contributed by atoms with E-state index in [0.29, 0.717) is 16.1 Å². The molecule has 0 bridgehead atoms. The van der Waals surface area contributed by atoms with Crippen molar-refractivity contribution in [3.05, 3.63) is 94.5 Å². The first-order valence-corrected chi connectivity index (χ1v) is 11.8. The minimum Gasteiger partial charge on any atom is -0.465 e. The number of carbonyl (C=O) groups excluding carboxylic acids is 2. The van der Waals surface area contributed by atoms with Gasteiger partial charge in [0.2, 0.25) is 0 Å². The number of hydrogen-bond donors (Lipinski definition) is 0. The highest BCUT2D eigenvalue weighted by atomic mass is 35.5. The van der Waals surface area contributed by atoms with Crippen LogP contribution < -0.4 is 0 Å². The van der Waals surface area contributed by atoms with Crippen molar-refractivity contribution in [1.29, 1.82) is 0 Å². The summed E-state index contributed by atoms with van der Waals surface area (Å²) in [6, 6.07) is 23.1. The van der Waals surface area contributed by atoms with Gasteiger partial charge >= 0.3 is 5.97 Å². The summed E-state index contributed by atoms with van der Waals surface area (Å²) in [7, 11) is 1.38. The molecular formula is C28H29ClN2O3. The fraction of sp³-hybridized carbons (Fsp3) is 0.286. The Morgan fingerprint density at radius 2 is 1.53 bits per heavy atom. The van der Waals surface area contributed by atoms with E-state index in [9.17, 15) is 9.59 Å². The summed E-state index contributed by atoms with van der Waals surface area (Å²) < 4.78 is 4.77. The molecule has 0 N–H and O–H groups in total. The zero-order valence-electron chi connectivity index (χ0n) is 19.7. The molecule has 1 saturated heterocycles. The quantitative estimate of drug-likeness (QED) is 0.454. The molecule has 3 aromatic rings. The Labute approximate surface area is 205 Å². The number of esters is 1. The molecule has 1 aliphatic rings. The molecule has 6 heteroatoms. The number of carbonyl (C=O) groups is 2. The third kappa shape index (κ3) is 5.32. The molecule has 2 atom stereocenters. The summed E-state index contributed by atoms with van der Waals surface area (Å²) in [5.74, 6) is -0.279. The summed E-state index contributed by atoms with van der Waals surface area (Å²) in [4.78, 5) is 29.5. The van der Waals surface area contributed by atoms with Crippen molar-refractivity contribution in [2.24, 2.45) is 0 Å². The molecule has 1 fully saturated rings. The Kier molecular flexibility index (Phi) is 7.35. The smallest absolute Gasteiger partial charge is 0.337 e. The van der Waals surface area contributed by atoms with Crippen molar-refractivity contribution < 1.29 is 14.3 Å². The summed E-state index contributed by atoms with van der Waals surface area (Å²) in [5.41, 5.74) is 4.39. The largest absolute Gasteiger partial charge is 0.465 e. The number of amides is 1. The minimum atomic E-state index is -0.332. The molecule has 0 unspecified atom stereocenters. The molecule has 0 spiro atoms. The van der Waals surface area contributed by atoms with Crippen LogP contribution in [0.5, 0.6) is 0 Å². The van der Waals surface area contributed by atoms with Crippen LogP contribution in [0.4, 0.5) is 0 Å². The Balaban J connectivity index is 1.44. The molecule has 1 aliphatic heterocycles. The number of nitrogens with zero attached hydrogens (tertiary/aromatic N) is 2. The van der Waals surface area contributed by atoms with Gasteiger partial charge in [-0.15, -0.1) is 0 Å². The van der Waals surface area contributed by atoms with Crippen molar-refractivity contribution in [3.8, 4) is 11.1 Å². The van der Waals surface area contributed by atoms with E-state index < -0.39 is 0 Å². The Bertz CT molecular complexity index is 1150. The van der Waals surface area contributed by atoms with Gasteiger partial charge < -0.3 is 9.64 Å². The monoisotopic (exact) mass is 476 g/mol. The van der Waals surface area contributed by atoms with E-state index in [1.54, 1.807) is 12.1 Å². The van der Waals surface area contributed by atoms with Gasteiger partial charge in [-0.05, 0) is 66.9 Å². The zero-order chi connectivity index (χ0) is 24.2. The molecule has 0 radical (unpaired) electrons. The third-order valence-corrected chi connectivity index (χ3v) is 6.55. The van der Waals surface area contributed by atoms with E-state index in [4.69, 9.17) is 16.3 Å². The predicted octanol–water partition coefficient (Wildman–Crippen LogP) is 5.53. The van der Waals surface area contributed by atoms with Crippen LogP contribution in [-0.2, 0) is 11.3 Å². The first-order chi connectivity index (χ1) is 16.4. The van der Waals surface area contributed by atoms with Crippen molar-refractivity contribution in [1.82, 2.24) is 9.80 Å². The van der Waals surface area contributed by atoms with Crippen molar-refractivity contribution >= 4 is 23.5 Å². The minimum absolute atomic E-state index is 0.0536. The van der Waals surface area contributed by atoms with Crippen LogP contribution in [-0.4, -0.2) is 54.0 Å². The number of hydrogen-bond acceptors (Lipinski definition) is 4. The summed E-state index contributed by atoms with van der Waals surface area (Å²) in [5, 5.41) is 0.691. The second-order valence-corrected chi connectivity index (χ2v) is 9.32. The second kappa shape index (κ2) is 10.4. The molecule has 34 heavy (non-hydrogen) atoms. The molecule has 4 rings (SSSR count). The maximum Gasteiger partial charge on any atom is 0.337 e. The van der Waals surface area contributed by atoms with Crippen LogP contribution in [0.2, 0.25) is 5.02 Å². The summed E-state index contributed by atoms with van der Waals surface area (Å²) in [6.07, 6.45) is 0. The van der Waals surface area contributed by atoms with E-state index in [1.165, 1.54) is 7.11 Å². The van der Waals surface area contributed by atoms with Crippen molar-refractivity contribution in [2.45, 2.75) is 32.5 Å². The second-order valence-electron chi connectivity index (χ2n) is 8.88.